The number of rotatable bonds is 9. The van der Waals surface area contributed by atoms with Gasteiger partial charge in [-0.1, -0.05) is 12.1 Å². The van der Waals surface area contributed by atoms with Crippen molar-refractivity contribution in [1.29, 1.82) is 0 Å². The number of nitrogens with one attached hydrogen (secondary N) is 2. The van der Waals surface area contributed by atoms with Gasteiger partial charge in [-0.15, -0.1) is 0 Å². The first-order chi connectivity index (χ1) is 18.3. The number of hydrogen-bond acceptors (Lipinski definition) is 6. The van der Waals surface area contributed by atoms with E-state index in [2.05, 4.69) is 15.6 Å². The second kappa shape index (κ2) is 11.3. The number of carbonyl (C=O) groups excluding carboxylic acids is 1. The second-order valence-corrected chi connectivity index (χ2v) is 10.8. The number of halogens is 2. The maximum atomic E-state index is 13.5. The van der Waals surface area contributed by atoms with Crippen LogP contribution in [0.3, 0.4) is 0 Å². The molecule has 1 fully saturated rings. The Labute approximate surface area is 228 Å². The average molecular weight is 537 g/mol. The van der Waals surface area contributed by atoms with E-state index < -0.39 is 35.9 Å². The van der Waals surface area contributed by atoms with Crippen molar-refractivity contribution in [2.45, 2.75) is 71.9 Å². The van der Waals surface area contributed by atoms with Gasteiger partial charge in [-0.05, 0) is 94.5 Å². The highest BCUT2D eigenvalue weighted by atomic mass is 19.2. The number of carbonyl (C=O) groups is 1. The highest BCUT2D eigenvalue weighted by molar-refractivity contribution is 6.62. The van der Waals surface area contributed by atoms with E-state index in [4.69, 9.17) is 14.0 Å². The Morgan fingerprint density at radius 2 is 1.69 bits per heavy atom. The summed E-state index contributed by atoms with van der Waals surface area (Å²) < 4.78 is 45.2. The number of pyridine rings is 1. The monoisotopic (exact) mass is 537 g/mol. The summed E-state index contributed by atoms with van der Waals surface area (Å²) >= 11 is 0. The van der Waals surface area contributed by atoms with Crippen LogP contribution in [0.4, 0.5) is 14.6 Å². The molecule has 4 rings (SSSR count). The van der Waals surface area contributed by atoms with Gasteiger partial charge in [0.25, 0.3) is 5.91 Å². The van der Waals surface area contributed by atoms with Crippen molar-refractivity contribution >= 4 is 24.3 Å². The molecule has 0 atom stereocenters. The molecular weight excluding hydrogens is 503 g/mol. The Morgan fingerprint density at radius 1 is 0.974 bits per heavy atom. The maximum absolute atomic E-state index is 13.5. The van der Waals surface area contributed by atoms with Crippen LogP contribution >= 0.6 is 0 Å². The molecule has 0 bridgehead atoms. The van der Waals surface area contributed by atoms with Crippen molar-refractivity contribution in [1.82, 2.24) is 10.3 Å². The Morgan fingerprint density at radius 3 is 2.36 bits per heavy atom. The van der Waals surface area contributed by atoms with Gasteiger partial charge in [0.15, 0.2) is 11.6 Å². The fourth-order valence-electron chi connectivity index (χ4n) is 4.09. The standard InChI is InChI=1S/C29H34BF2N3O4/c1-18(2)37-22-13-20(12-21(15-22)30-38-28(3,4)29(5,6)39-30)17-34-26-23(8-7-11-33-26)27(36)35-16-19-9-10-24(31)25(32)14-19/h7-15,18H,16-17H2,1-6H3,(H,33,34)(H,35,36). The summed E-state index contributed by atoms with van der Waals surface area (Å²) in [6, 6.07) is 12.6. The molecule has 206 valence electrons. The molecule has 1 aliphatic rings. The molecular formula is C29H34BF2N3O4. The number of benzene rings is 2. The first-order valence-corrected chi connectivity index (χ1v) is 12.9. The Balaban J connectivity index is 1.51. The van der Waals surface area contributed by atoms with Gasteiger partial charge < -0.3 is 24.7 Å². The summed E-state index contributed by atoms with van der Waals surface area (Å²) in [6.07, 6.45) is 1.56. The zero-order valence-corrected chi connectivity index (χ0v) is 23.1. The van der Waals surface area contributed by atoms with E-state index >= 15 is 0 Å². The van der Waals surface area contributed by atoms with E-state index in [-0.39, 0.29) is 12.6 Å². The molecule has 7 nitrogen and oxygen atoms in total. The summed E-state index contributed by atoms with van der Waals surface area (Å²) in [5.74, 6) is -1.24. The number of amides is 1. The molecule has 3 aromatic rings. The highest BCUT2D eigenvalue weighted by Gasteiger charge is 2.51. The Hall–Kier alpha value is -3.50. The van der Waals surface area contributed by atoms with Crippen LogP contribution in [0.1, 0.15) is 63.0 Å². The van der Waals surface area contributed by atoms with Crippen molar-refractivity contribution < 1.29 is 27.6 Å². The summed E-state index contributed by atoms with van der Waals surface area (Å²) in [5, 5.41) is 5.97. The van der Waals surface area contributed by atoms with E-state index in [1.54, 1.807) is 18.3 Å². The van der Waals surface area contributed by atoms with Gasteiger partial charge in [-0.2, -0.15) is 0 Å². The Bertz CT molecular complexity index is 1330. The number of hydrogen-bond donors (Lipinski definition) is 2. The predicted octanol–water partition coefficient (Wildman–Crippen LogP) is 4.99. The van der Waals surface area contributed by atoms with E-state index in [9.17, 15) is 13.6 Å². The number of ether oxygens (including phenoxy) is 1. The lowest BCUT2D eigenvalue weighted by Gasteiger charge is -2.32. The van der Waals surface area contributed by atoms with E-state index in [1.165, 1.54) is 6.07 Å². The second-order valence-electron chi connectivity index (χ2n) is 10.8. The third-order valence-corrected chi connectivity index (χ3v) is 6.84. The van der Waals surface area contributed by atoms with Gasteiger partial charge in [0.05, 0.1) is 22.9 Å². The highest BCUT2D eigenvalue weighted by Crippen LogP contribution is 2.36. The minimum Gasteiger partial charge on any atom is -0.491 e. The molecule has 1 aromatic heterocycles. The van der Waals surface area contributed by atoms with Crippen LogP contribution < -0.4 is 20.8 Å². The molecule has 1 aliphatic heterocycles. The topological polar surface area (TPSA) is 81.7 Å². The zero-order valence-electron chi connectivity index (χ0n) is 23.1. The molecule has 0 unspecified atom stereocenters. The minimum absolute atomic E-state index is 0.0278. The van der Waals surface area contributed by atoms with Crippen LogP contribution in [0.15, 0.2) is 54.7 Å². The third-order valence-electron chi connectivity index (χ3n) is 6.84. The van der Waals surface area contributed by atoms with Crippen LogP contribution in [0.2, 0.25) is 0 Å². The molecule has 1 amide bonds. The van der Waals surface area contributed by atoms with Crippen molar-refractivity contribution in [3.05, 3.63) is 83.1 Å². The molecule has 39 heavy (non-hydrogen) atoms. The van der Waals surface area contributed by atoms with Crippen molar-refractivity contribution in [3.8, 4) is 5.75 Å². The van der Waals surface area contributed by atoms with Crippen LogP contribution in [0.25, 0.3) is 0 Å². The van der Waals surface area contributed by atoms with E-state index in [0.29, 0.717) is 29.2 Å². The van der Waals surface area contributed by atoms with Gasteiger partial charge in [-0.25, -0.2) is 13.8 Å². The molecule has 0 aliphatic carbocycles. The van der Waals surface area contributed by atoms with Gasteiger partial charge in [0.1, 0.15) is 11.6 Å². The fraction of sp³-hybridized carbons (Fsp3) is 0.379. The molecule has 1 saturated heterocycles. The van der Waals surface area contributed by atoms with Gasteiger partial charge in [0.2, 0.25) is 0 Å². The summed E-state index contributed by atoms with van der Waals surface area (Å²) in [5.41, 5.74) is 1.51. The quantitative estimate of drug-likeness (QED) is 0.375. The molecule has 0 saturated carbocycles. The first kappa shape index (κ1) is 28.5. The fourth-order valence-corrected chi connectivity index (χ4v) is 4.09. The zero-order chi connectivity index (χ0) is 28.4. The smallest absolute Gasteiger partial charge is 0.491 e. The summed E-state index contributed by atoms with van der Waals surface area (Å²) in [4.78, 5) is 17.3. The first-order valence-electron chi connectivity index (χ1n) is 12.9. The van der Waals surface area contributed by atoms with Crippen LogP contribution in [0, 0.1) is 11.6 Å². The number of nitrogens with zero attached hydrogens (tertiary/aromatic N) is 1. The van der Waals surface area contributed by atoms with Crippen molar-refractivity contribution in [2.75, 3.05) is 5.32 Å². The molecule has 0 radical (unpaired) electrons. The molecule has 10 heteroatoms. The van der Waals surface area contributed by atoms with Crippen LogP contribution in [-0.2, 0) is 22.4 Å². The van der Waals surface area contributed by atoms with Crippen LogP contribution in [-0.4, -0.2) is 35.3 Å². The van der Waals surface area contributed by atoms with Crippen molar-refractivity contribution in [3.63, 3.8) is 0 Å². The largest absolute Gasteiger partial charge is 0.494 e. The summed E-state index contributed by atoms with van der Waals surface area (Å²) in [7, 11) is -0.558. The lowest BCUT2D eigenvalue weighted by atomic mass is 9.78. The average Bonchev–Trinajstić information content (AvgIpc) is 3.09. The maximum Gasteiger partial charge on any atom is 0.494 e. The molecule has 0 spiro atoms. The minimum atomic E-state index is -0.964. The van der Waals surface area contributed by atoms with E-state index in [0.717, 1.165) is 23.2 Å². The summed E-state index contributed by atoms with van der Waals surface area (Å²) in [6.45, 7) is 12.3. The van der Waals surface area contributed by atoms with Crippen molar-refractivity contribution in [2.24, 2.45) is 0 Å². The van der Waals surface area contributed by atoms with Gasteiger partial charge in [0, 0.05) is 19.3 Å². The van der Waals surface area contributed by atoms with Gasteiger partial charge >= 0.3 is 7.12 Å². The number of anilines is 1. The lowest BCUT2D eigenvalue weighted by molar-refractivity contribution is 0.00578. The number of aromatic nitrogens is 1. The SMILES string of the molecule is CC(C)Oc1cc(CNc2ncccc2C(=O)NCc2ccc(F)c(F)c2)cc(B2OC(C)(C)C(C)(C)O2)c1. The van der Waals surface area contributed by atoms with Crippen LogP contribution in [0.5, 0.6) is 5.75 Å². The Kier molecular flexibility index (Phi) is 8.27. The third kappa shape index (κ3) is 6.75. The molecule has 2 heterocycles. The molecule has 2 aromatic carbocycles. The predicted molar refractivity (Wildman–Crippen MR) is 147 cm³/mol. The normalized spacial score (nSPS) is 15.9. The van der Waals surface area contributed by atoms with E-state index in [1.807, 2.05) is 59.7 Å². The lowest BCUT2D eigenvalue weighted by Crippen LogP contribution is -2.41. The van der Waals surface area contributed by atoms with Gasteiger partial charge in [-0.3, -0.25) is 4.79 Å². The molecule has 2 N–H and O–H groups in total.